The van der Waals surface area contributed by atoms with Crippen molar-refractivity contribution in [2.75, 3.05) is 6.54 Å². The van der Waals surface area contributed by atoms with E-state index in [4.69, 9.17) is 5.21 Å². The number of nitrogens with one attached hydrogen (secondary N) is 1. The summed E-state index contributed by atoms with van der Waals surface area (Å²) in [6.07, 6.45) is 1.02. The second-order valence-corrected chi connectivity index (χ2v) is 8.11. The highest BCUT2D eigenvalue weighted by Crippen LogP contribution is 2.32. The zero-order valence-corrected chi connectivity index (χ0v) is 17.3. The van der Waals surface area contributed by atoms with Gasteiger partial charge in [0.05, 0.1) is 0 Å². The number of fused-ring (bicyclic) bond motifs is 3. The first-order valence-corrected chi connectivity index (χ1v) is 10.6. The van der Waals surface area contributed by atoms with Crippen LogP contribution in [0.4, 0.5) is 0 Å². The fraction of sp³-hybridized carbons (Fsp3) is 0.192. The van der Waals surface area contributed by atoms with Crippen molar-refractivity contribution in [2.45, 2.75) is 26.1 Å². The van der Waals surface area contributed by atoms with Crippen molar-refractivity contribution in [2.24, 2.45) is 0 Å². The number of aromatic nitrogens is 1. The van der Waals surface area contributed by atoms with Gasteiger partial charge < -0.3 is 4.57 Å². The number of rotatable bonds is 5. The van der Waals surface area contributed by atoms with Gasteiger partial charge in [-0.15, -0.1) is 0 Å². The van der Waals surface area contributed by atoms with E-state index in [2.05, 4.69) is 64.1 Å². The second kappa shape index (κ2) is 8.38. The molecular formula is C26H25N3O2. The topological polar surface area (TPSA) is 57.5 Å². The van der Waals surface area contributed by atoms with Crippen LogP contribution in [-0.2, 0) is 26.1 Å². The number of hydroxylamine groups is 1. The Hall–Kier alpha value is -3.41. The zero-order valence-electron chi connectivity index (χ0n) is 17.3. The smallest absolute Gasteiger partial charge is 0.274 e. The van der Waals surface area contributed by atoms with E-state index in [0.29, 0.717) is 5.56 Å². The van der Waals surface area contributed by atoms with Crippen LogP contribution in [0.1, 0.15) is 32.7 Å². The summed E-state index contributed by atoms with van der Waals surface area (Å²) >= 11 is 0. The summed E-state index contributed by atoms with van der Waals surface area (Å²) in [5.74, 6) is -0.486. The van der Waals surface area contributed by atoms with Crippen LogP contribution in [0.15, 0.2) is 78.9 Å². The van der Waals surface area contributed by atoms with E-state index >= 15 is 0 Å². The first-order valence-electron chi connectivity index (χ1n) is 10.6. The van der Waals surface area contributed by atoms with Gasteiger partial charge in [0.2, 0.25) is 0 Å². The first-order chi connectivity index (χ1) is 15.2. The number of amides is 1. The van der Waals surface area contributed by atoms with E-state index in [1.165, 1.54) is 27.7 Å². The molecule has 0 saturated carbocycles. The van der Waals surface area contributed by atoms with Gasteiger partial charge in [-0.3, -0.25) is 14.9 Å². The van der Waals surface area contributed by atoms with Gasteiger partial charge in [0, 0.05) is 54.8 Å². The maximum Gasteiger partial charge on any atom is 0.274 e. The molecule has 5 nitrogen and oxygen atoms in total. The minimum atomic E-state index is -0.486. The van der Waals surface area contributed by atoms with Crippen molar-refractivity contribution in [1.82, 2.24) is 14.9 Å². The average Bonchev–Trinajstić information content (AvgIpc) is 3.13. The van der Waals surface area contributed by atoms with Crippen molar-refractivity contribution in [3.8, 4) is 0 Å². The van der Waals surface area contributed by atoms with Crippen molar-refractivity contribution in [3.63, 3.8) is 0 Å². The molecule has 4 aromatic rings. The summed E-state index contributed by atoms with van der Waals surface area (Å²) in [5, 5.41) is 10.1. The van der Waals surface area contributed by atoms with Gasteiger partial charge in [-0.25, -0.2) is 5.48 Å². The molecule has 1 aliphatic heterocycles. The second-order valence-electron chi connectivity index (χ2n) is 8.11. The van der Waals surface area contributed by atoms with Crippen LogP contribution >= 0.6 is 0 Å². The van der Waals surface area contributed by atoms with Crippen LogP contribution in [0.2, 0.25) is 0 Å². The lowest BCUT2D eigenvalue weighted by Gasteiger charge is -2.28. The number of benzene rings is 3. The third-order valence-electron chi connectivity index (χ3n) is 6.15. The molecule has 0 fully saturated rings. The fourth-order valence-corrected chi connectivity index (χ4v) is 4.62. The maximum atomic E-state index is 11.5. The summed E-state index contributed by atoms with van der Waals surface area (Å²) in [7, 11) is 0. The summed E-state index contributed by atoms with van der Waals surface area (Å²) in [6.45, 7) is 3.64. The fourth-order valence-electron chi connectivity index (χ4n) is 4.62. The van der Waals surface area contributed by atoms with Gasteiger partial charge >= 0.3 is 0 Å². The highest BCUT2D eigenvalue weighted by atomic mass is 16.5. The van der Waals surface area contributed by atoms with Gasteiger partial charge in [0.1, 0.15) is 0 Å². The molecule has 2 N–H and O–H groups in total. The predicted molar refractivity (Wildman–Crippen MR) is 121 cm³/mol. The van der Waals surface area contributed by atoms with Gasteiger partial charge in [-0.1, -0.05) is 60.7 Å². The molecule has 3 aromatic carbocycles. The van der Waals surface area contributed by atoms with Gasteiger partial charge in [-0.05, 0) is 34.9 Å². The van der Waals surface area contributed by atoms with Crippen LogP contribution in [0.5, 0.6) is 0 Å². The Bertz CT molecular complexity index is 1210. The molecule has 0 radical (unpaired) electrons. The van der Waals surface area contributed by atoms with Crippen molar-refractivity contribution < 1.29 is 10.0 Å². The quantitative estimate of drug-likeness (QED) is 0.379. The lowest BCUT2D eigenvalue weighted by Crippen LogP contribution is -2.30. The lowest BCUT2D eigenvalue weighted by atomic mass is 10.0. The molecule has 31 heavy (non-hydrogen) atoms. The van der Waals surface area contributed by atoms with Crippen LogP contribution in [0.3, 0.4) is 0 Å². The zero-order chi connectivity index (χ0) is 21.2. The molecule has 0 aliphatic carbocycles. The van der Waals surface area contributed by atoms with E-state index in [1.807, 2.05) is 12.1 Å². The molecule has 0 saturated heterocycles. The largest absolute Gasteiger partial charge is 0.340 e. The molecule has 1 amide bonds. The van der Waals surface area contributed by atoms with Gasteiger partial charge in [0.25, 0.3) is 5.91 Å². The molecule has 156 valence electrons. The van der Waals surface area contributed by atoms with Crippen molar-refractivity contribution >= 4 is 16.8 Å². The first kappa shape index (κ1) is 19.5. The minimum Gasteiger partial charge on any atom is -0.340 e. The Balaban J connectivity index is 1.41. The molecule has 0 bridgehead atoms. The molecule has 0 spiro atoms. The van der Waals surface area contributed by atoms with Crippen LogP contribution in [-0.4, -0.2) is 27.1 Å². The SMILES string of the molecule is O=C(NO)c1ccc(CN2CCc3c(c4ccccc4n3Cc3ccccc3)C2)cc1. The van der Waals surface area contributed by atoms with Crippen LogP contribution in [0, 0.1) is 0 Å². The number of carbonyl (C=O) groups is 1. The van der Waals surface area contributed by atoms with Gasteiger partial charge in [0.15, 0.2) is 0 Å². The Morgan fingerprint density at radius 3 is 2.35 bits per heavy atom. The third-order valence-corrected chi connectivity index (χ3v) is 6.15. The number of hydrogen-bond acceptors (Lipinski definition) is 3. The predicted octanol–water partition coefficient (Wildman–Crippen LogP) is 4.37. The van der Waals surface area contributed by atoms with Crippen molar-refractivity contribution in [1.29, 1.82) is 0 Å². The Kier molecular flexibility index (Phi) is 5.28. The number of nitrogens with zero attached hydrogens (tertiary/aromatic N) is 2. The molecule has 0 unspecified atom stereocenters. The number of hydrogen-bond donors (Lipinski definition) is 2. The number of carbonyl (C=O) groups excluding carboxylic acids is 1. The Labute approximate surface area is 181 Å². The monoisotopic (exact) mass is 411 g/mol. The number of para-hydroxylation sites is 1. The normalized spacial score (nSPS) is 13.8. The molecule has 5 rings (SSSR count). The van der Waals surface area contributed by atoms with E-state index in [1.54, 1.807) is 17.6 Å². The molecule has 1 aromatic heterocycles. The van der Waals surface area contributed by atoms with E-state index < -0.39 is 5.91 Å². The van der Waals surface area contributed by atoms with E-state index in [-0.39, 0.29) is 0 Å². The van der Waals surface area contributed by atoms with Crippen molar-refractivity contribution in [3.05, 3.63) is 107 Å². The third kappa shape index (κ3) is 3.85. The summed E-state index contributed by atoms with van der Waals surface area (Å²) < 4.78 is 2.49. The molecule has 1 aliphatic rings. The standard InChI is InChI=1S/C26H25N3O2/c30-26(27-31)21-12-10-20(11-13-21)16-28-15-14-25-23(18-28)22-8-4-5-9-24(22)29(25)17-19-6-2-1-3-7-19/h1-13,31H,14-18H2,(H,27,30). The van der Waals surface area contributed by atoms with E-state index in [9.17, 15) is 4.79 Å². The maximum absolute atomic E-state index is 11.5. The Morgan fingerprint density at radius 1 is 0.871 bits per heavy atom. The molecule has 0 atom stereocenters. The van der Waals surface area contributed by atoms with Crippen LogP contribution in [0.25, 0.3) is 10.9 Å². The Morgan fingerprint density at radius 2 is 1.58 bits per heavy atom. The summed E-state index contributed by atoms with van der Waals surface area (Å²) in [5.41, 5.74) is 8.78. The average molecular weight is 412 g/mol. The molecule has 5 heteroatoms. The summed E-state index contributed by atoms with van der Waals surface area (Å²) in [4.78, 5) is 14.0. The lowest BCUT2D eigenvalue weighted by molar-refractivity contribution is 0.0706. The highest BCUT2D eigenvalue weighted by molar-refractivity contribution is 5.93. The summed E-state index contributed by atoms with van der Waals surface area (Å²) in [6, 6.07) is 26.8. The highest BCUT2D eigenvalue weighted by Gasteiger charge is 2.24. The van der Waals surface area contributed by atoms with Gasteiger partial charge in [-0.2, -0.15) is 0 Å². The van der Waals surface area contributed by atoms with E-state index in [0.717, 1.165) is 38.2 Å². The molecular weight excluding hydrogens is 386 g/mol. The minimum absolute atomic E-state index is 0.455. The molecule has 2 heterocycles. The van der Waals surface area contributed by atoms with Crippen LogP contribution < -0.4 is 5.48 Å².